The summed E-state index contributed by atoms with van der Waals surface area (Å²) in [6.07, 6.45) is 0. The molecule has 6 nitrogen and oxygen atoms in total. The zero-order valence-electron chi connectivity index (χ0n) is 8.14. The molecule has 0 fully saturated rings. The summed E-state index contributed by atoms with van der Waals surface area (Å²) in [5.41, 5.74) is -1.14. The molecule has 0 atom stereocenters. The van der Waals surface area contributed by atoms with Crippen LogP contribution in [0.25, 0.3) is 0 Å². The fourth-order valence-electron chi connectivity index (χ4n) is 1.04. The van der Waals surface area contributed by atoms with E-state index < -0.39 is 42.7 Å². The maximum Gasteiger partial charge on any atom is 0.387 e. The van der Waals surface area contributed by atoms with Crippen molar-refractivity contribution in [2.45, 2.75) is 11.5 Å². The van der Waals surface area contributed by atoms with Crippen molar-refractivity contribution in [1.82, 2.24) is 0 Å². The molecular weight excluding hydrogens is 303 g/mol. The molecule has 0 amide bonds. The van der Waals surface area contributed by atoms with Crippen molar-refractivity contribution >= 4 is 25.4 Å². The van der Waals surface area contributed by atoms with Crippen LogP contribution in [0.15, 0.2) is 17.0 Å². The Kier molecular flexibility index (Phi) is 4.02. The van der Waals surface area contributed by atoms with E-state index in [9.17, 15) is 31.7 Å². The Morgan fingerprint density at radius 2 is 1.94 bits per heavy atom. The number of halogens is 4. The average molecular weight is 306 g/mol. The van der Waals surface area contributed by atoms with Crippen LogP contribution in [0.5, 0.6) is 5.75 Å². The van der Waals surface area contributed by atoms with Crippen molar-refractivity contribution < 1.29 is 31.2 Å². The highest BCUT2D eigenvalue weighted by atomic mass is 35.7. The Hall–Kier alpha value is -1.55. The number of alkyl halides is 2. The Bertz CT molecular complexity index is 591. The first kappa shape index (κ1) is 14.5. The van der Waals surface area contributed by atoms with Crippen molar-refractivity contribution in [3.63, 3.8) is 0 Å². The molecule has 18 heavy (non-hydrogen) atoms. The molecule has 0 heterocycles. The van der Waals surface area contributed by atoms with Gasteiger partial charge in [0.25, 0.3) is 9.05 Å². The molecule has 0 saturated carbocycles. The van der Waals surface area contributed by atoms with Gasteiger partial charge in [0.05, 0.1) is 4.92 Å². The normalized spacial score (nSPS) is 11.6. The van der Waals surface area contributed by atoms with Crippen molar-refractivity contribution in [2.24, 2.45) is 0 Å². The van der Waals surface area contributed by atoms with Crippen LogP contribution in [0, 0.1) is 15.9 Å². The molecule has 100 valence electrons. The van der Waals surface area contributed by atoms with E-state index in [1.54, 1.807) is 0 Å². The molecule has 1 aromatic carbocycles. The van der Waals surface area contributed by atoms with Crippen LogP contribution < -0.4 is 4.74 Å². The predicted octanol–water partition coefficient (Wildman–Crippen LogP) is 2.26. The lowest BCUT2D eigenvalue weighted by Crippen LogP contribution is -2.07. The van der Waals surface area contributed by atoms with Gasteiger partial charge in [0.15, 0.2) is 0 Å². The monoisotopic (exact) mass is 305 g/mol. The van der Waals surface area contributed by atoms with Crippen LogP contribution in [0.2, 0.25) is 0 Å². The smallest absolute Gasteiger partial charge is 0.387 e. The van der Waals surface area contributed by atoms with Gasteiger partial charge in [-0.1, -0.05) is 0 Å². The highest BCUT2D eigenvalue weighted by Gasteiger charge is 2.27. The minimum absolute atomic E-state index is 0.152. The third kappa shape index (κ3) is 3.23. The van der Waals surface area contributed by atoms with Gasteiger partial charge in [0, 0.05) is 22.8 Å². The van der Waals surface area contributed by atoms with E-state index >= 15 is 0 Å². The first-order valence-corrected chi connectivity index (χ1v) is 6.31. The van der Waals surface area contributed by atoms with E-state index in [0.717, 1.165) is 0 Å². The molecule has 0 aliphatic carbocycles. The maximum atomic E-state index is 13.2. The number of nitro groups is 1. The van der Waals surface area contributed by atoms with Crippen LogP contribution in [-0.2, 0) is 9.05 Å². The van der Waals surface area contributed by atoms with Crippen molar-refractivity contribution in [1.29, 1.82) is 0 Å². The number of nitrogens with zero attached hydrogens (tertiary/aromatic N) is 1. The number of benzene rings is 1. The summed E-state index contributed by atoms with van der Waals surface area (Å²) < 4.78 is 62.5. The third-order valence-corrected chi connectivity index (χ3v) is 3.03. The van der Waals surface area contributed by atoms with Gasteiger partial charge in [0.1, 0.15) is 10.7 Å². The van der Waals surface area contributed by atoms with Gasteiger partial charge in [-0.3, -0.25) is 10.1 Å². The number of hydrogen-bond acceptors (Lipinski definition) is 5. The Balaban J connectivity index is 3.49. The minimum atomic E-state index is -4.59. The molecule has 0 bridgehead atoms. The zero-order valence-corrected chi connectivity index (χ0v) is 9.71. The van der Waals surface area contributed by atoms with Gasteiger partial charge < -0.3 is 4.74 Å². The molecule has 0 N–H and O–H groups in total. The summed E-state index contributed by atoms with van der Waals surface area (Å²) in [6, 6.07) is 0.356. The summed E-state index contributed by atoms with van der Waals surface area (Å²) in [4.78, 5) is 8.11. The Morgan fingerprint density at radius 3 is 2.33 bits per heavy atom. The number of ether oxygens (including phenoxy) is 1. The van der Waals surface area contributed by atoms with Crippen LogP contribution in [0.3, 0.4) is 0 Å². The summed E-state index contributed by atoms with van der Waals surface area (Å²) in [6.45, 7) is -3.43. The molecule has 0 aliphatic rings. The maximum absolute atomic E-state index is 13.2. The summed E-state index contributed by atoms with van der Waals surface area (Å²) in [7, 11) is 0.234. The van der Waals surface area contributed by atoms with Crippen molar-refractivity contribution in [3.05, 3.63) is 28.1 Å². The highest BCUT2D eigenvalue weighted by molar-refractivity contribution is 8.13. The van der Waals surface area contributed by atoms with Crippen LogP contribution in [0.1, 0.15) is 0 Å². The van der Waals surface area contributed by atoms with Crippen molar-refractivity contribution in [3.8, 4) is 5.75 Å². The second-order valence-corrected chi connectivity index (χ2v) is 5.36. The summed E-state index contributed by atoms with van der Waals surface area (Å²) >= 11 is 0. The average Bonchev–Trinajstić information content (AvgIpc) is 2.13. The highest BCUT2D eigenvalue weighted by Crippen LogP contribution is 2.34. The standard InChI is InChI=1S/C7H3ClF3NO5S/c8-18(15,16)6-2-4(12(13)14)5(1-3(6)9)17-7(10)11/h1-2,7H. The number of hydrogen-bond donors (Lipinski definition) is 0. The second kappa shape index (κ2) is 4.98. The summed E-state index contributed by atoms with van der Waals surface area (Å²) in [5, 5.41) is 10.5. The molecule has 11 heteroatoms. The van der Waals surface area contributed by atoms with Gasteiger partial charge in [-0.15, -0.1) is 0 Å². The third-order valence-electron chi connectivity index (χ3n) is 1.69. The molecule has 1 rings (SSSR count). The van der Waals surface area contributed by atoms with Gasteiger partial charge in [0.2, 0.25) is 5.75 Å². The van der Waals surface area contributed by atoms with Crippen molar-refractivity contribution in [2.75, 3.05) is 0 Å². The summed E-state index contributed by atoms with van der Waals surface area (Å²) in [5.74, 6) is -2.64. The Labute approximate surface area is 102 Å². The quantitative estimate of drug-likeness (QED) is 0.484. The fourth-order valence-corrected chi connectivity index (χ4v) is 1.94. The molecule has 0 unspecified atom stereocenters. The lowest BCUT2D eigenvalue weighted by molar-refractivity contribution is -0.386. The second-order valence-electron chi connectivity index (χ2n) is 2.82. The predicted molar refractivity (Wildman–Crippen MR) is 52.7 cm³/mol. The molecule has 1 aromatic rings. The van der Waals surface area contributed by atoms with Gasteiger partial charge in [-0.2, -0.15) is 8.78 Å². The van der Waals surface area contributed by atoms with E-state index in [1.807, 2.05) is 0 Å². The van der Waals surface area contributed by atoms with Gasteiger partial charge >= 0.3 is 12.3 Å². The molecule has 0 radical (unpaired) electrons. The van der Waals surface area contributed by atoms with Crippen LogP contribution in [-0.4, -0.2) is 20.0 Å². The largest absolute Gasteiger partial charge is 0.427 e. The van der Waals surface area contributed by atoms with E-state index in [1.165, 1.54) is 0 Å². The van der Waals surface area contributed by atoms with Gasteiger partial charge in [-0.25, -0.2) is 12.8 Å². The zero-order chi connectivity index (χ0) is 14.1. The van der Waals surface area contributed by atoms with E-state index in [2.05, 4.69) is 4.74 Å². The SMILES string of the molecule is O=[N+]([O-])c1cc(S(=O)(=O)Cl)c(F)cc1OC(F)F. The van der Waals surface area contributed by atoms with E-state index in [-0.39, 0.29) is 12.1 Å². The first-order valence-electron chi connectivity index (χ1n) is 4.00. The number of rotatable bonds is 4. The lowest BCUT2D eigenvalue weighted by Gasteiger charge is -2.06. The first-order chi connectivity index (χ1) is 8.12. The Morgan fingerprint density at radius 1 is 1.39 bits per heavy atom. The van der Waals surface area contributed by atoms with Crippen LogP contribution >= 0.6 is 10.7 Å². The fraction of sp³-hybridized carbons (Fsp3) is 0.143. The van der Waals surface area contributed by atoms with E-state index in [0.29, 0.717) is 0 Å². The van der Waals surface area contributed by atoms with Crippen LogP contribution in [0.4, 0.5) is 18.9 Å². The molecule has 0 spiro atoms. The minimum Gasteiger partial charge on any atom is -0.427 e. The molecule has 0 saturated heterocycles. The number of nitro benzene ring substituents is 1. The van der Waals surface area contributed by atoms with Gasteiger partial charge in [-0.05, 0) is 0 Å². The molecular formula is C7H3ClF3NO5S. The van der Waals surface area contributed by atoms with E-state index in [4.69, 9.17) is 10.7 Å². The lowest BCUT2D eigenvalue weighted by atomic mass is 10.3. The molecule has 0 aromatic heterocycles. The molecule has 0 aliphatic heterocycles. The topological polar surface area (TPSA) is 86.5 Å².